The summed E-state index contributed by atoms with van der Waals surface area (Å²) in [5.74, 6) is 0.185. The zero-order valence-electron chi connectivity index (χ0n) is 15.0. The Labute approximate surface area is 144 Å². The van der Waals surface area contributed by atoms with E-state index in [-0.39, 0.29) is 24.4 Å². The molecule has 2 aliphatic rings. The molecule has 2 fully saturated rings. The van der Waals surface area contributed by atoms with Crippen LogP contribution in [0.2, 0.25) is 0 Å². The molecule has 1 unspecified atom stereocenters. The highest BCUT2D eigenvalue weighted by molar-refractivity contribution is 5.79. The van der Waals surface area contributed by atoms with Gasteiger partial charge in [-0.25, -0.2) is 4.79 Å². The van der Waals surface area contributed by atoms with E-state index < -0.39 is 5.54 Å². The van der Waals surface area contributed by atoms with Gasteiger partial charge in [-0.2, -0.15) is 5.26 Å². The van der Waals surface area contributed by atoms with E-state index in [9.17, 15) is 14.9 Å². The average Bonchev–Trinajstić information content (AvgIpc) is 3.41. The second-order valence-corrected chi connectivity index (χ2v) is 6.85. The molecule has 134 valence electrons. The third-order valence-electron chi connectivity index (χ3n) is 5.07. The first-order valence-electron chi connectivity index (χ1n) is 8.92. The van der Waals surface area contributed by atoms with Gasteiger partial charge in [0, 0.05) is 39.3 Å². The molecular formula is C17H29N5O2. The molecule has 0 aromatic carbocycles. The highest BCUT2D eigenvalue weighted by atomic mass is 16.2. The molecule has 3 amide bonds. The van der Waals surface area contributed by atoms with Gasteiger partial charge in [-0.15, -0.1) is 0 Å². The van der Waals surface area contributed by atoms with Crippen molar-refractivity contribution < 1.29 is 9.59 Å². The summed E-state index contributed by atoms with van der Waals surface area (Å²) in [6.07, 6.45) is 2.02. The highest BCUT2D eigenvalue weighted by Gasteiger charge is 2.43. The van der Waals surface area contributed by atoms with Crippen LogP contribution in [0.1, 0.15) is 33.6 Å². The monoisotopic (exact) mass is 335 g/mol. The molecule has 24 heavy (non-hydrogen) atoms. The number of hydrogen-bond acceptors (Lipinski definition) is 4. The van der Waals surface area contributed by atoms with Crippen LogP contribution < -0.4 is 5.32 Å². The Morgan fingerprint density at radius 2 is 1.79 bits per heavy atom. The number of nitrogens with one attached hydrogen (secondary N) is 1. The Morgan fingerprint density at radius 1 is 1.21 bits per heavy atom. The van der Waals surface area contributed by atoms with Gasteiger partial charge in [-0.05, 0) is 39.5 Å². The lowest BCUT2D eigenvalue weighted by atomic mass is 9.98. The Bertz CT molecular complexity index is 502. The summed E-state index contributed by atoms with van der Waals surface area (Å²) in [6, 6.07) is 2.33. The van der Waals surface area contributed by atoms with Crippen molar-refractivity contribution in [2.24, 2.45) is 5.92 Å². The lowest BCUT2D eigenvalue weighted by Crippen LogP contribution is -2.56. The molecule has 1 atom stereocenters. The van der Waals surface area contributed by atoms with Crippen molar-refractivity contribution in [1.82, 2.24) is 20.0 Å². The summed E-state index contributed by atoms with van der Waals surface area (Å²) < 4.78 is 0. The Morgan fingerprint density at radius 3 is 2.25 bits per heavy atom. The molecule has 1 saturated carbocycles. The van der Waals surface area contributed by atoms with Gasteiger partial charge < -0.3 is 15.1 Å². The number of rotatable bonds is 6. The van der Waals surface area contributed by atoms with Gasteiger partial charge in [-0.1, -0.05) is 0 Å². The number of hydrogen-bond donors (Lipinski definition) is 1. The molecule has 0 spiro atoms. The van der Waals surface area contributed by atoms with Crippen LogP contribution in [0.3, 0.4) is 0 Å². The molecule has 1 heterocycles. The van der Waals surface area contributed by atoms with Crippen molar-refractivity contribution in [1.29, 1.82) is 5.26 Å². The second-order valence-electron chi connectivity index (χ2n) is 6.85. The maximum Gasteiger partial charge on any atom is 0.320 e. The molecule has 0 aromatic rings. The van der Waals surface area contributed by atoms with Crippen molar-refractivity contribution in [3.63, 3.8) is 0 Å². The minimum absolute atomic E-state index is 0.0786. The van der Waals surface area contributed by atoms with Crippen LogP contribution in [-0.4, -0.2) is 78.0 Å². The first-order chi connectivity index (χ1) is 11.4. The van der Waals surface area contributed by atoms with Crippen molar-refractivity contribution in [2.45, 2.75) is 39.2 Å². The van der Waals surface area contributed by atoms with Gasteiger partial charge in [0.25, 0.3) is 0 Å². The van der Waals surface area contributed by atoms with Gasteiger partial charge in [0.1, 0.15) is 5.54 Å². The van der Waals surface area contributed by atoms with E-state index in [1.807, 2.05) is 35.5 Å². The summed E-state index contributed by atoms with van der Waals surface area (Å²) >= 11 is 0. The average molecular weight is 335 g/mol. The van der Waals surface area contributed by atoms with Crippen LogP contribution in [0.5, 0.6) is 0 Å². The summed E-state index contributed by atoms with van der Waals surface area (Å²) in [4.78, 5) is 30.3. The molecule has 7 heteroatoms. The van der Waals surface area contributed by atoms with Crippen molar-refractivity contribution in [2.75, 3.05) is 45.8 Å². The number of piperazine rings is 1. The zero-order valence-corrected chi connectivity index (χ0v) is 15.0. The van der Waals surface area contributed by atoms with E-state index in [4.69, 9.17) is 0 Å². The van der Waals surface area contributed by atoms with Crippen LogP contribution in [0.15, 0.2) is 0 Å². The maximum atomic E-state index is 12.3. The highest BCUT2D eigenvalue weighted by Crippen LogP contribution is 2.39. The van der Waals surface area contributed by atoms with E-state index in [2.05, 4.69) is 11.4 Å². The largest absolute Gasteiger partial charge is 0.337 e. The molecule has 1 aliphatic carbocycles. The molecule has 0 bridgehead atoms. The third kappa shape index (κ3) is 4.38. The molecule has 0 radical (unpaired) electrons. The van der Waals surface area contributed by atoms with E-state index >= 15 is 0 Å². The molecule has 2 rings (SSSR count). The predicted octanol–water partition coefficient (Wildman–Crippen LogP) is 0.874. The van der Waals surface area contributed by atoms with Crippen LogP contribution in [0, 0.1) is 17.2 Å². The van der Waals surface area contributed by atoms with Crippen LogP contribution >= 0.6 is 0 Å². The summed E-state index contributed by atoms with van der Waals surface area (Å²) in [5, 5.41) is 12.2. The Kier molecular flexibility index (Phi) is 6.05. The first-order valence-corrected chi connectivity index (χ1v) is 8.92. The SMILES string of the molecule is CCN(CC)C(=O)N1CCN(CC(=O)NC(C)(C#N)C2CC2)CC1. The molecular weight excluding hydrogens is 306 g/mol. The lowest BCUT2D eigenvalue weighted by Gasteiger charge is -2.37. The predicted molar refractivity (Wildman–Crippen MR) is 91.2 cm³/mol. The smallest absolute Gasteiger partial charge is 0.320 e. The van der Waals surface area contributed by atoms with E-state index in [1.165, 1.54) is 0 Å². The normalized spacial score (nSPS) is 20.8. The molecule has 1 saturated heterocycles. The van der Waals surface area contributed by atoms with Crippen molar-refractivity contribution in [3.8, 4) is 6.07 Å². The quantitative estimate of drug-likeness (QED) is 0.781. The van der Waals surface area contributed by atoms with E-state index in [0.29, 0.717) is 39.3 Å². The summed E-state index contributed by atoms with van der Waals surface area (Å²) in [6.45, 7) is 10.1. The van der Waals surface area contributed by atoms with Gasteiger partial charge >= 0.3 is 6.03 Å². The lowest BCUT2D eigenvalue weighted by molar-refractivity contribution is -0.124. The van der Waals surface area contributed by atoms with E-state index in [0.717, 1.165) is 12.8 Å². The minimum Gasteiger partial charge on any atom is -0.337 e. The van der Waals surface area contributed by atoms with Gasteiger partial charge in [0.15, 0.2) is 0 Å². The second kappa shape index (κ2) is 7.84. The first kappa shape index (κ1) is 18.5. The molecule has 7 nitrogen and oxygen atoms in total. The number of nitriles is 1. The number of nitrogens with zero attached hydrogens (tertiary/aromatic N) is 4. The minimum atomic E-state index is -0.738. The van der Waals surface area contributed by atoms with Crippen LogP contribution in [0.4, 0.5) is 4.79 Å². The standard InChI is InChI=1S/C17H29N5O2/c1-4-21(5-2)16(24)22-10-8-20(9-11-22)12-15(23)19-17(3,13-18)14-6-7-14/h14H,4-12H2,1-3H3,(H,19,23). The fraction of sp³-hybridized carbons (Fsp3) is 0.824. The molecule has 1 aliphatic heterocycles. The zero-order chi connectivity index (χ0) is 17.7. The number of amides is 3. The van der Waals surface area contributed by atoms with Crippen LogP contribution in [-0.2, 0) is 4.79 Å². The molecule has 0 aromatic heterocycles. The number of urea groups is 1. The van der Waals surface area contributed by atoms with Crippen LogP contribution in [0.25, 0.3) is 0 Å². The fourth-order valence-corrected chi connectivity index (χ4v) is 3.21. The number of carbonyl (C=O) groups excluding carboxylic acids is 2. The Balaban J connectivity index is 1.77. The van der Waals surface area contributed by atoms with Crippen molar-refractivity contribution >= 4 is 11.9 Å². The van der Waals surface area contributed by atoms with Crippen molar-refractivity contribution in [3.05, 3.63) is 0 Å². The molecule has 1 N–H and O–H groups in total. The summed E-state index contributed by atoms with van der Waals surface area (Å²) in [5.41, 5.74) is -0.738. The Hall–Kier alpha value is -1.81. The fourth-order valence-electron chi connectivity index (χ4n) is 3.21. The van der Waals surface area contributed by atoms with Gasteiger partial charge in [-0.3, -0.25) is 9.69 Å². The van der Waals surface area contributed by atoms with Gasteiger partial charge in [0.2, 0.25) is 5.91 Å². The number of carbonyl (C=O) groups is 2. The van der Waals surface area contributed by atoms with Gasteiger partial charge in [0.05, 0.1) is 12.6 Å². The topological polar surface area (TPSA) is 79.7 Å². The summed E-state index contributed by atoms with van der Waals surface area (Å²) in [7, 11) is 0. The van der Waals surface area contributed by atoms with E-state index in [1.54, 1.807) is 0 Å². The third-order valence-corrected chi connectivity index (χ3v) is 5.07. The maximum absolute atomic E-state index is 12.3.